The molecule has 2 aromatic rings. The van der Waals surface area contributed by atoms with Gasteiger partial charge in [0, 0.05) is 43.9 Å². The second-order valence-electron chi connectivity index (χ2n) is 10.6. The molecular weight excluding hydrogens is 553 g/mol. The van der Waals surface area contributed by atoms with Gasteiger partial charge in [0.05, 0.1) is 23.5 Å². The Labute approximate surface area is 235 Å². The summed E-state index contributed by atoms with van der Waals surface area (Å²) in [6.45, 7) is 2.50. The minimum Gasteiger partial charge on any atom is -0.481 e. The van der Waals surface area contributed by atoms with Crippen molar-refractivity contribution in [3.63, 3.8) is 0 Å². The van der Waals surface area contributed by atoms with E-state index in [0.29, 0.717) is 45.7 Å². The van der Waals surface area contributed by atoms with E-state index >= 15 is 0 Å². The third-order valence-corrected chi connectivity index (χ3v) is 8.07. The van der Waals surface area contributed by atoms with E-state index in [0.717, 1.165) is 6.20 Å². The first kappa shape index (κ1) is 30.1. The molecule has 0 spiro atoms. The highest BCUT2D eigenvalue weighted by Gasteiger charge is 2.47. The van der Waals surface area contributed by atoms with Crippen molar-refractivity contribution in [1.29, 1.82) is 0 Å². The van der Waals surface area contributed by atoms with Crippen molar-refractivity contribution in [3.8, 4) is 5.75 Å². The van der Waals surface area contributed by atoms with Gasteiger partial charge in [-0.2, -0.15) is 13.9 Å². The molecular formula is C27H34ClF3N4O5. The Hall–Kier alpha value is -2.83. The Morgan fingerprint density at radius 1 is 1.25 bits per heavy atom. The third-order valence-electron chi connectivity index (χ3n) is 7.83. The SMILES string of the molecule is CC(C)c1c(F)cnn1C1(C(=O)Nc2ccc(Cl)cc2OC(F)F)CCN(C[C@@H](C(=O)O)C2CCOCC2)CC1. The molecule has 1 aromatic carbocycles. The van der Waals surface area contributed by atoms with Crippen molar-refractivity contribution in [2.45, 2.75) is 57.6 Å². The van der Waals surface area contributed by atoms with Crippen LogP contribution in [0.1, 0.15) is 51.1 Å². The van der Waals surface area contributed by atoms with Crippen LogP contribution in [0.4, 0.5) is 18.9 Å². The summed E-state index contributed by atoms with van der Waals surface area (Å²) in [5.41, 5.74) is -1.13. The molecule has 0 aliphatic carbocycles. The van der Waals surface area contributed by atoms with Gasteiger partial charge in [-0.25, -0.2) is 4.39 Å². The average molecular weight is 587 g/mol. The molecule has 220 valence electrons. The van der Waals surface area contributed by atoms with E-state index in [4.69, 9.17) is 16.3 Å². The van der Waals surface area contributed by atoms with Crippen LogP contribution in [0, 0.1) is 17.7 Å². The lowest BCUT2D eigenvalue weighted by atomic mass is 9.82. The lowest BCUT2D eigenvalue weighted by molar-refractivity contribution is -0.146. The third kappa shape index (κ3) is 6.55. The van der Waals surface area contributed by atoms with Crippen LogP contribution in [0.15, 0.2) is 24.4 Å². The van der Waals surface area contributed by atoms with Crippen molar-refractivity contribution in [2.75, 3.05) is 38.2 Å². The topological polar surface area (TPSA) is 106 Å². The number of ether oxygens (including phenoxy) is 2. The Morgan fingerprint density at radius 3 is 2.52 bits per heavy atom. The maximum Gasteiger partial charge on any atom is 0.387 e. The summed E-state index contributed by atoms with van der Waals surface area (Å²) in [4.78, 5) is 28.1. The molecule has 0 bridgehead atoms. The fourth-order valence-corrected chi connectivity index (χ4v) is 5.86. The maximum atomic E-state index is 14.9. The van der Waals surface area contributed by atoms with E-state index < -0.39 is 35.8 Å². The molecule has 1 amide bonds. The van der Waals surface area contributed by atoms with Crippen LogP contribution >= 0.6 is 11.6 Å². The molecule has 2 N–H and O–H groups in total. The van der Waals surface area contributed by atoms with Gasteiger partial charge in [0.25, 0.3) is 5.91 Å². The van der Waals surface area contributed by atoms with E-state index in [2.05, 4.69) is 15.2 Å². The maximum absolute atomic E-state index is 14.9. The molecule has 2 fully saturated rings. The molecule has 0 saturated carbocycles. The lowest BCUT2D eigenvalue weighted by Gasteiger charge is -2.43. The largest absolute Gasteiger partial charge is 0.481 e. The number of hydrogen-bond acceptors (Lipinski definition) is 6. The predicted molar refractivity (Wildman–Crippen MR) is 141 cm³/mol. The highest BCUT2D eigenvalue weighted by atomic mass is 35.5. The highest BCUT2D eigenvalue weighted by molar-refractivity contribution is 6.30. The van der Waals surface area contributed by atoms with Crippen LogP contribution in [0.5, 0.6) is 5.75 Å². The van der Waals surface area contributed by atoms with Gasteiger partial charge in [-0.05, 0) is 49.7 Å². The van der Waals surface area contributed by atoms with Gasteiger partial charge in [-0.1, -0.05) is 25.4 Å². The number of hydrogen-bond donors (Lipinski definition) is 2. The van der Waals surface area contributed by atoms with Gasteiger partial charge in [0.1, 0.15) is 5.54 Å². The first-order valence-corrected chi connectivity index (χ1v) is 13.7. The lowest BCUT2D eigenvalue weighted by Crippen LogP contribution is -2.55. The van der Waals surface area contributed by atoms with Crippen LogP contribution in [0.3, 0.4) is 0 Å². The van der Waals surface area contributed by atoms with E-state index in [9.17, 15) is 27.9 Å². The van der Waals surface area contributed by atoms with Crippen molar-refractivity contribution >= 4 is 29.2 Å². The van der Waals surface area contributed by atoms with Gasteiger partial charge in [-0.15, -0.1) is 0 Å². The zero-order chi connectivity index (χ0) is 29.0. The minimum absolute atomic E-state index is 0.00727. The normalized spacial score (nSPS) is 19.1. The number of carboxylic acids is 1. The van der Waals surface area contributed by atoms with E-state index in [1.54, 1.807) is 13.8 Å². The number of nitrogens with one attached hydrogen (secondary N) is 1. The van der Waals surface area contributed by atoms with Crippen LogP contribution in [-0.2, 0) is 19.9 Å². The second-order valence-corrected chi connectivity index (χ2v) is 11.1. The van der Waals surface area contributed by atoms with Crippen molar-refractivity contribution < 1.29 is 37.3 Å². The van der Waals surface area contributed by atoms with Crippen LogP contribution < -0.4 is 10.1 Å². The van der Waals surface area contributed by atoms with Gasteiger partial charge in [0.15, 0.2) is 11.6 Å². The summed E-state index contributed by atoms with van der Waals surface area (Å²) in [7, 11) is 0. The Balaban J connectivity index is 1.61. The number of aromatic nitrogens is 2. The molecule has 2 aliphatic heterocycles. The van der Waals surface area contributed by atoms with Gasteiger partial charge in [-0.3, -0.25) is 14.3 Å². The molecule has 4 rings (SSSR count). The molecule has 1 atom stereocenters. The first-order valence-electron chi connectivity index (χ1n) is 13.3. The molecule has 0 radical (unpaired) electrons. The number of halogens is 4. The average Bonchev–Trinajstić information content (AvgIpc) is 3.31. The standard InChI is InChI=1S/C27H34ClF3N4O5/c1-16(2)23-20(29)14-32-35(23)27(25(38)33-21-4-3-18(28)13-22(21)40-26(30)31)7-9-34(10-8-27)15-19(24(36)37)17-5-11-39-12-6-17/h3-4,13-14,16-17,19,26H,5-12,15H2,1-2H3,(H,33,38)(H,36,37)/t19-/m1/s1. The number of carbonyl (C=O) groups excluding carboxylic acids is 1. The Kier molecular flexibility index (Phi) is 9.63. The first-order chi connectivity index (χ1) is 19.0. The number of likely N-dealkylation sites (tertiary alicyclic amines) is 1. The number of alkyl halides is 2. The fourth-order valence-electron chi connectivity index (χ4n) is 5.70. The molecule has 3 heterocycles. The number of rotatable bonds is 10. The molecule has 0 unspecified atom stereocenters. The number of amides is 1. The molecule has 13 heteroatoms. The van der Waals surface area contributed by atoms with Crippen molar-refractivity contribution in [3.05, 3.63) is 40.9 Å². The minimum atomic E-state index is -3.14. The Bertz CT molecular complexity index is 1200. The quantitative estimate of drug-likeness (QED) is 0.405. The summed E-state index contributed by atoms with van der Waals surface area (Å²) < 4.78 is 52.3. The summed E-state index contributed by atoms with van der Waals surface area (Å²) in [6.07, 6.45) is 2.80. The van der Waals surface area contributed by atoms with Crippen LogP contribution in [0.25, 0.3) is 0 Å². The number of anilines is 1. The van der Waals surface area contributed by atoms with E-state index in [1.165, 1.54) is 22.9 Å². The van der Waals surface area contributed by atoms with Gasteiger partial charge in [0.2, 0.25) is 0 Å². The zero-order valence-corrected chi connectivity index (χ0v) is 23.2. The number of piperidine rings is 1. The number of benzene rings is 1. The monoisotopic (exact) mass is 586 g/mol. The number of aliphatic carboxylic acids is 1. The van der Waals surface area contributed by atoms with Gasteiger partial charge >= 0.3 is 12.6 Å². The smallest absolute Gasteiger partial charge is 0.387 e. The van der Waals surface area contributed by atoms with Crippen molar-refractivity contribution in [1.82, 2.24) is 14.7 Å². The molecule has 2 saturated heterocycles. The number of carboxylic acid groups (broad SMARTS) is 1. The van der Waals surface area contributed by atoms with E-state index in [-0.39, 0.29) is 46.8 Å². The van der Waals surface area contributed by atoms with Crippen LogP contribution in [0.2, 0.25) is 5.02 Å². The second kappa shape index (κ2) is 12.8. The molecule has 9 nitrogen and oxygen atoms in total. The van der Waals surface area contributed by atoms with Crippen LogP contribution in [-0.4, -0.2) is 71.1 Å². The predicted octanol–water partition coefficient (Wildman–Crippen LogP) is 4.96. The number of carbonyl (C=O) groups is 2. The summed E-state index contributed by atoms with van der Waals surface area (Å²) in [5.74, 6) is -3.19. The zero-order valence-electron chi connectivity index (χ0n) is 22.4. The van der Waals surface area contributed by atoms with Gasteiger partial charge < -0.3 is 24.8 Å². The molecule has 1 aromatic heterocycles. The molecule has 2 aliphatic rings. The number of nitrogens with zero attached hydrogens (tertiary/aromatic N) is 3. The Morgan fingerprint density at radius 2 is 1.93 bits per heavy atom. The summed E-state index contributed by atoms with van der Waals surface area (Å²) in [5, 5.41) is 17.0. The molecule has 40 heavy (non-hydrogen) atoms. The summed E-state index contributed by atoms with van der Waals surface area (Å²) in [6, 6.07) is 3.97. The summed E-state index contributed by atoms with van der Waals surface area (Å²) >= 11 is 5.96. The highest BCUT2D eigenvalue weighted by Crippen LogP contribution is 2.38. The van der Waals surface area contributed by atoms with E-state index in [1.807, 2.05) is 4.90 Å². The van der Waals surface area contributed by atoms with Crippen molar-refractivity contribution in [2.24, 2.45) is 11.8 Å². The fraction of sp³-hybridized carbons (Fsp3) is 0.593.